The van der Waals surface area contributed by atoms with Crippen molar-refractivity contribution in [3.8, 4) is 0 Å². The van der Waals surface area contributed by atoms with Crippen molar-refractivity contribution >= 4 is 50.9 Å². The first-order valence-electron chi connectivity index (χ1n) is 7.97. The number of rotatable bonds is 8. The number of esters is 1. The summed E-state index contributed by atoms with van der Waals surface area (Å²) in [5, 5.41) is 5.92. The van der Waals surface area contributed by atoms with E-state index >= 15 is 0 Å². The van der Waals surface area contributed by atoms with Crippen LogP contribution in [0, 0.1) is 6.92 Å². The quantitative estimate of drug-likeness (QED) is 0.592. The Balaban J connectivity index is 1.84. The zero-order valence-corrected chi connectivity index (χ0v) is 17.2. The lowest BCUT2D eigenvalue weighted by atomic mass is 10.3. The molecule has 1 aromatic heterocycles. The second-order valence-corrected chi connectivity index (χ2v) is 8.16. The van der Waals surface area contributed by atoms with Crippen LogP contribution < -0.4 is 10.0 Å². The maximum Gasteiger partial charge on any atom is 0.307 e. The van der Waals surface area contributed by atoms with Gasteiger partial charge in [-0.3, -0.25) is 9.59 Å². The number of aromatic nitrogens is 1. The van der Waals surface area contributed by atoms with Crippen molar-refractivity contribution in [2.24, 2.45) is 0 Å². The average molecular weight is 450 g/mol. The number of benzene rings is 1. The minimum atomic E-state index is -4.02. The van der Waals surface area contributed by atoms with Gasteiger partial charge < -0.3 is 14.6 Å². The Labute approximate surface area is 171 Å². The van der Waals surface area contributed by atoms with Crippen LogP contribution in [0.4, 0.5) is 5.82 Å². The molecule has 2 N–H and O–H groups in total. The summed E-state index contributed by atoms with van der Waals surface area (Å²) in [6.45, 7) is 2.76. The average Bonchev–Trinajstić information content (AvgIpc) is 2.99. The molecular formula is C16H17Cl2N3O6S. The Morgan fingerprint density at radius 2 is 1.93 bits per heavy atom. The van der Waals surface area contributed by atoms with Gasteiger partial charge in [-0.15, -0.1) is 0 Å². The first kappa shape index (κ1) is 22.2. The van der Waals surface area contributed by atoms with Crippen LogP contribution in [0.15, 0.2) is 33.7 Å². The minimum absolute atomic E-state index is 0.0454. The Hall–Kier alpha value is -2.14. The third-order valence-corrected chi connectivity index (χ3v) is 5.78. The number of amides is 1. The van der Waals surface area contributed by atoms with Crippen LogP contribution in [-0.2, 0) is 24.3 Å². The third-order valence-electron chi connectivity index (χ3n) is 3.37. The Morgan fingerprint density at radius 1 is 1.29 bits per heavy atom. The van der Waals surface area contributed by atoms with Gasteiger partial charge in [-0.2, -0.15) is 0 Å². The molecule has 0 aliphatic rings. The van der Waals surface area contributed by atoms with Gasteiger partial charge in [0.25, 0.3) is 5.91 Å². The molecule has 2 aromatic rings. The summed E-state index contributed by atoms with van der Waals surface area (Å²) in [5.74, 6) is -0.683. The number of nitrogens with one attached hydrogen (secondary N) is 2. The second-order valence-electron chi connectivity index (χ2n) is 5.64. The SMILES string of the molecule is Cc1cc(NC(=O)C(C)OC(=O)CCNS(=O)(=O)c2c(Cl)cccc2Cl)no1. The standard InChI is InChI=1S/C16H17Cl2N3O6S/c1-9-8-13(21-27-9)20-16(23)10(2)26-14(22)6-7-19-28(24,25)15-11(17)4-3-5-12(15)18/h3-5,8,10,19H,6-7H2,1-2H3,(H,20,21,23). The monoisotopic (exact) mass is 449 g/mol. The highest BCUT2D eigenvalue weighted by Crippen LogP contribution is 2.28. The number of carbonyl (C=O) groups is 2. The Kier molecular flexibility index (Phi) is 7.41. The van der Waals surface area contributed by atoms with E-state index in [0.717, 1.165) is 0 Å². The molecule has 2 rings (SSSR count). The molecule has 12 heteroatoms. The highest BCUT2D eigenvalue weighted by molar-refractivity contribution is 7.89. The van der Waals surface area contributed by atoms with Gasteiger partial charge in [-0.25, -0.2) is 13.1 Å². The summed E-state index contributed by atoms with van der Waals surface area (Å²) in [6, 6.07) is 5.77. The number of hydrogen-bond acceptors (Lipinski definition) is 7. The molecule has 0 saturated carbocycles. The number of carbonyl (C=O) groups excluding carboxylic acids is 2. The summed E-state index contributed by atoms with van der Waals surface area (Å²) >= 11 is 11.8. The van der Waals surface area contributed by atoms with Crippen molar-refractivity contribution in [3.05, 3.63) is 40.1 Å². The number of aryl methyl sites for hydroxylation is 1. The number of halogens is 2. The molecule has 1 heterocycles. The van der Waals surface area contributed by atoms with E-state index < -0.39 is 28.0 Å². The number of nitrogens with zero attached hydrogens (tertiary/aromatic N) is 1. The van der Waals surface area contributed by atoms with Crippen LogP contribution in [0.1, 0.15) is 19.1 Å². The predicted molar refractivity (Wildman–Crippen MR) is 102 cm³/mol. The number of hydrogen-bond donors (Lipinski definition) is 2. The third kappa shape index (κ3) is 5.93. The molecule has 0 fully saturated rings. The molecule has 1 unspecified atom stereocenters. The summed E-state index contributed by atoms with van der Waals surface area (Å²) in [7, 11) is -4.02. The van der Waals surface area contributed by atoms with Gasteiger partial charge >= 0.3 is 5.97 Å². The van der Waals surface area contributed by atoms with Crippen molar-refractivity contribution in [1.82, 2.24) is 9.88 Å². The fraction of sp³-hybridized carbons (Fsp3) is 0.312. The summed E-state index contributed by atoms with van der Waals surface area (Å²) < 4.78 is 36.5. The van der Waals surface area contributed by atoms with E-state index in [4.69, 9.17) is 32.5 Å². The van der Waals surface area contributed by atoms with E-state index in [1.807, 2.05) is 0 Å². The second kappa shape index (κ2) is 9.37. The van der Waals surface area contributed by atoms with Crippen molar-refractivity contribution in [1.29, 1.82) is 0 Å². The van der Waals surface area contributed by atoms with Gasteiger partial charge in [0, 0.05) is 12.6 Å². The lowest BCUT2D eigenvalue weighted by molar-refractivity contribution is -0.152. The van der Waals surface area contributed by atoms with Gasteiger partial charge in [0.1, 0.15) is 10.7 Å². The van der Waals surface area contributed by atoms with Gasteiger partial charge in [0.15, 0.2) is 11.9 Å². The van der Waals surface area contributed by atoms with Gasteiger partial charge in [0.05, 0.1) is 16.5 Å². The molecule has 152 valence electrons. The van der Waals surface area contributed by atoms with E-state index in [2.05, 4.69) is 15.2 Å². The topological polar surface area (TPSA) is 128 Å². The molecule has 0 saturated heterocycles. The Bertz CT molecular complexity index is 956. The molecule has 0 radical (unpaired) electrons. The van der Waals surface area contributed by atoms with Crippen LogP contribution in [0.3, 0.4) is 0 Å². The van der Waals surface area contributed by atoms with Crippen LogP contribution in [0.5, 0.6) is 0 Å². The highest BCUT2D eigenvalue weighted by Gasteiger charge is 2.23. The molecule has 0 bridgehead atoms. The normalized spacial score (nSPS) is 12.4. The molecule has 0 aliphatic carbocycles. The smallest absolute Gasteiger partial charge is 0.307 e. The fourth-order valence-electron chi connectivity index (χ4n) is 2.06. The van der Waals surface area contributed by atoms with Crippen molar-refractivity contribution in [2.45, 2.75) is 31.3 Å². The first-order chi connectivity index (χ1) is 13.1. The summed E-state index contributed by atoms with van der Waals surface area (Å²) in [4.78, 5) is 23.5. The maximum atomic E-state index is 12.3. The van der Waals surface area contributed by atoms with E-state index in [1.165, 1.54) is 31.2 Å². The van der Waals surface area contributed by atoms with E-state index in [0.29, 0.717) is 5.76 Å². The fourth-order valence-corrected chi connectivity index (χ4v) is 4.23. The van der Waals surface area contributed by atoms with E-state index in [9.17, 15) is 18.0 Å². The summed E-state index contributed by atoms with van der Waals surface area (Å²) in [5.41, 5.74) is 0. The van der Waals surface area contributed by atoms with E-state index in [1.54, 1.807) is 6.92 Å². The molecular weight excluding hydrogens is 433 g/mol. The molecule has 9 nitrogen and oxygen atoms in total. The minimum Gasteiger partial charge on any atom is -0.452 e. The lowest BCUT2D eigenvalue weighted by Gasteiger charge is -2.13. The zero-order valence-electron chi connectivity index (χ0n) is 14.9. The van der Waals surface area contributed by atoms with Crippen molar-refractivity contribution in [3.63, 3.8) is 0 Å². The van der Waals surface area contributed by atoms with Crippen molar-refractivity contribution < 1.29 is 27.3 Å². The van der Waals surface area contributed by atoms with Crippen LogP contribution >= 0.6 is 23.2 Å². The highest BCUT2D eigenvalue weighted by atomic mass is 35.5. The van der Waals surface area contributed by atoms with Crippen LogP contribution in [0.25, 0.3) is 0 Å². The van der Waals surface area contributed by atoms with Gasteiger partial charge in [0.2, 0.25) is 10.0 Å². The van der Waals surface area contributed by atoms with Gasteiger partial charge in [-0.1, -0.05) is 34.4 Å². The number of sulfonamides is 1. The number of anilines is 1. The predicted octanol–water partition coefficient (Wildman–Crippen LogP) is 2.53. The van der Waals surface area contributed by atoms with Gasteiger partial charge in [-0.05, 0) is 26.0 Å². The van der Waals surface area contributed by atoms with E-state index in [-0.39, 0.29) is 33.7 Å². The van der Waals surface area contributed by atoms with Crippen molar-refractivity contribution in [2.75, 3.05) is 11.9 Å². The molecule has 0 spiro atoms. The molecule has 1 amide bonds. The molecule has 0 aliphatic heterocycles. The summed E-state index contributed by atoms with van der Waals surface area (Å²) in [6.07, 6.45) is -1.42. The maximum absolute atomic E-state index is 12.3. The van der Waals surface area contributed by atoms with Crippen LogP contribution in [-0.4, -0.2) is 38.1 Å². The largest absolute Gasteiger partial charge is 0.452 e. The molecule has 28 heavy (non-hydrogen) atoms. The first-order valence-corrected chi connectivity index (χ1v) is 10.2. The Morgan fingerprint density at radius 3 is 2.50 bits per heavy atom. The molecule has 1 atom stereocenters. The lowest BCUT2D eigenvalue weighted by Crippen LogP contribution is -2.32. The molecule has 1 aromatic carbocycles. The van der Waals surface area contributed by atoms with Crippen LogP contribution in [0.2, 0.25) is 10.0 Å². The number of ether oxygens (including phenoxy) is 1. The zero-order chi connectivity index (χ0) is 20.9.